The van der Waals surface area contributed by atoms with Crippen molar-refractivity contribution in [3.63, 3.8) is 0 Å². The van der Waals surface area contributed by atoms with Gasteiger partial charge in [0.2, 0.25) is 5.91 Å². The van der Waals surface area contributed by atoms with Crippen molar-refractivity contribution in [1.82, 2.24) is 5.32 Å². The van der Waals surface area contributed by atoms with Gasteiger partial charge in [0.25, 0.3) is 0 Å². The molecule has 0 bridgehead atoms. The number of hydrogen-bond acceptors (Lipinski definition) is 3. The fraction of sp³-hybridized carbons (Fsp3) is 0.889. The third-order valence-electron chi connectivity index (χ3n) is 2.08. The van der Waals surface area contributed by atoms with Gasteiger partial charge >= 0.3 is 0 Å². The summed E-state index contributed by atoms with van der Waals surface area (Å²) in [6, 6.07) is 0.139. The van der Waals surface area contributed by atoms with Crippen LogP contribution in [-0.2, 0) is 15.6 Å². The van der Waals surface area contributed by atoms with Gasteiger partial charge in [0, 0.05) is 29.1 Å². The number of carbonyl (C=O) groups is 1. The summed E-state index contributed by atoms with van der Waals surface area (Å²) in [6.45, 7) is 5.94. The molecule has 0 spiro atoms. The maximum Gasteiger partial charge on any atom is 0.235 e. The molecule has 0 aliphatic carbocycles. The summed E-state index contributed by atoms with van der Waals surface area (Å²) in [5, 5.41) is 2.33. The van der Waals surface area contributed by atoms with Crippen molar-refractivity contribution in [2.45, 2.75) is 38.5 Å². The fourth-order valence-electron chi connectivity index (χ4n) is 0.875. The minimum absolute atomic E-state index is 0.139. The molecule has 3 atom stereocenters. The fourth-order valence-corrected chi connectivity index (χ4v) is 1.77. The largest absolute Gasteiger partial charge is 0.353 e. The predicted octanol–water partition coefficient (Wildman–Crippen LogP) is -0.00300. The molecule has 0 rings (SSSR count). The van der Waals surface area contributed by atoms with E-state index < -0.39 is 16.0 Å². The molecule has 0 fully saturated rings. The van der Waals surface area contributed by atoms with Gasteiger partial charge in [-0.05, 0) is 20.3 Å². The second kappa shape index (κ2) is 6.95. The molecular formula is C9H20N2O2S. The minimum Gasteiger partial charge on any atom is -0.353 e. The van der Waals surface area contributed by atoms with Crippen LogP contribution in [0.2, 0.25) is 0 Å². The van der Waals surface area contributed by atoms with Crippen LogP contribution in [0.3, 0.4) is 0 Å². The second-order valence-electron chi connectivity index (χ2n) is 3.33. The Morgan fingerprint density at radius 3 is 2.50 bits per heavy atom. The Balaban J connectivity index is 4.04. The van der Waals surface area contributed by atoms with Crippen molar-refractivity contribution in [1.29, 1.82) is 0 Å². The first-order chi connectivity index (χ1) is 6.52. The third-order valence-corrected chi connectivity index (χ3v) is 3.72. The van der Waals surface area contributed by atoms with E-state index in [0.29, 0.717) is 12.3 Å². The van der Waals surface area contributed by atoms with Gasteiger partial charge < -0.3 is 11.1 Å². The highest BCUT2D eigenvalue weighted by molar-refractivity contribution is 7.86. The van der Waals surface area contributed by atoms with Crippen LogP contribution >= 0.6 is 0 Å². The number of carbonyl (C=O) groups excluding carboxylic acids is 1. The SMILES string of the molecule is CCC(C)NC(=O)C(C)S(=O)CCN. The van der Waals surface area contributed by atoms with Gasteiger partial charge in [0.1, 0.15) is 5.25 Å². The zero-order chi connectivity index (χ0) is 11.1. The quantitative estimate of drug-likeness (QED) is 0.661. The number of rotatable bonds is 6. The van der Waals surface area contributed by atoms with E-state index in [0.717, 1.165) is 6.42 Å². The molecule has 0 heterocycles. The second-order valence-corrected chi connectivity index (χ2v) is 5.21. The molecule has 0 aliphatic heterocycles. The summed E-state index contributed by atoms with van der Waals surface area (Å²) in [5.41, 5.74) is 5.27. The van der Waals surface area contributed by atoms with Crippen LogP contribution in [0.15, 0.2) is 0 Å². The molecule has 14 heavy (non-hydrogen) atoms. The van der Waals surface area contributed by atoms with Crippen molar-refractivity contribution < 1.29 is 9.00 Å². The van der Waals surface area contributed by atoms with Gasteiger partial charge in [-0.15, -0.1) is 0 Å². The summed E-state index contributed by atoms with van der Waals surface area (Å²) in [7, 11) is -1.15. The Labute approximate surface area is 88.1 Å². The molecule has 84 valence electrons. The van der Waals surface area contributed by atoms with E-state index in [-0.39, 0.29) is 11.9 Å². The van der Waals surface area contributed by atoms with Gasteiger partial charge in [-0.25, -0.2) is 0 Å². The number of nitrogens with one attached hydrogen (secondary N) is 1. The Kier molecular flexibility index (Phi) is 6.74. The number of nitrogens with two attached hydrogens (primary N) is 1. The molecule has 0 saturated heterocycles. The van der Waals surface area contributed by atoms with E-state index in [4.69, 9.17) is 5.73 Å². The average molecular weight is 220 g/mol. The van der Waals surface area contributed by atoms with E-state index in [1.54, 1.807) is 6.92 Å². The zero-order valence-electron chi connectivity index (χ0n) is 9.08. The first-order valence-corrected chi connectivity index (χ1v) is 6.28. The molecule has 5 heteroatoms. The third kappa shape index (κ3) is 4.72. The van der Waals surface area contributed by atoms with Gasteiger partial charge in [0.15, 0.2) is 0 Å². The predicted molar refractivity (Wildman–Crippen MR) is 59.4 cm³/mol. The van der Waals surface area contributed by atoms with Crippen molar-refractivity contribution in [2.24, 2.45) is 5.73 Å². The highest BCUT2D eigenvalue weighted by Gasteiger charge is 2.19. The Bertz CT molecular complexity index is 209. The summed E-state index contributed by atoms with van der Waals surface area (Å²) < 4.78 is 11.4. The Hall–Kier alpha value is -0.420. The smallest absolute Gasteiger partial charge is 0.235 e. The number of hydrogen-bond donors (Lipinski definition) is 2. The van der Waals surface area contributed by atoms with Gasteiger partial charge in [-0.1, -0.05) is 6.92 Å². The van der Waals surface area contributed by atoms with E-state index in [9.17, 15) is 9.00 Å². The average Bonchev–Trinajstić information content (AvgIpc) is 2.16. The van der Waals surface area contributed by atoms with E-state index in [2.05, 4.69) is 5.32 Å². The van der Waals surface area contributed by atoms with Crippen molar-refractivity contribution in [3.8, 4) is 0 Å². The van der Waals surface area contributed by atoms with Crippen LogP contribution in [0, 0.1) is 0 Å². The van der Waals surface area contributed by atoms with Crippen LogP contribution < -0.4 is 11.1 Å². The summed E-state index contributed by atoms with van der Waals surface area (Å²) in [6.07, 6.45) is 0.877. The molecule has 0 aromatic heterocycles. The number of amides is 1. The van der Waals surface area contributed by atoms with E-state index >= 15 is 0 Å². The summed E-state index contributed by atoms with van der Waals surface area (Å²) >= 11 is 0. The van der Waals surface area contributed by atoms with Gasteiger partial charge in [0.05, 0.1) is 0 Å². The first-order valence-electron chi connectivity index (χ1n) is 4.90. The standard InChI is InChI=1S/C9H20N2O2S/c1-4-7(2)11-9(12)8(3)14(13)6-5-10/h7-8H,4-6,10H2,1-3H3,(H,11,12). The molecule has 3 unspecified atom stereocenters. The van der Waals surface area contributed by atoms with E-state index in [1.165, 1.54) is 0 Å². The molecule has 0 saturated carbocycles. The molecular weight excluding hydrogens is 200 g/mol. The molecule has 0 radical (unpaired) electrons. The normalized spacial score (nSPS) is 17.1. The lowest BCUT2D eigenvalue weighted by atomic mass is 10.2. The lowest BCUT2D eigenvalue weighted by Crippen LogP contribution is -2.41. The van der Waals surface area contributed by atoms with Crippen LogP contribution in [0.25, 0.3) is 0 Å². The summed E-state index contributed by atoms with van der Waals surface area (Å²) in [4.78, 5) is 11.5. The van der Waals surface area contributed by atoms with Crippen molar-refractivity contribution in [3.05, 3.63) is 0 Å². The maximum atomic E-state index is 11.5. The van der Waals surface area contributed by atoms with Crippen LogP contribution in [0.4, 0.5) is 0 Å². The molecule has 3 N–H and O–H groups in total. The molecule has 0 aromatic rings. The molecule has 1 amide bonds. The van der Waals surface area contributed by atoms with Crippen LogP contribution in [0.5, 0.6) is 0 Å². The van der Waals surface area contributed by atoms with Crippen LogP contribution in [-0.4, -0.2) is 33.7 Å². The highest BCUT2D eigenvalue weighted by Crippen LogP contribution is 1.98. The minimum atomic E-state index is -1.15. The Morgan fingerprint density at radius 2 is 2.07 bits per heavy atom. The van der Waals surface area contributed by atoms with Crippen molar-refractivity contribution >= 4 is 16.7 Å². The molecule has 4 nitrogen and oxygen atoms in total. The Morgan fingerprint density at radius 1 is 1.50 bits per heavy atom. The van der Waals surface area contributed by atoms with E-state index in [1.807, 2.05) is 13.8 Å². The lowest BCUT2D eigenvalue weighted by Gasteiger charge is -2.15. The van der Waals surface area contributed by atoms with Crippen molar-refractivity contribution in [2.75, 3.05) is 12.3 Å². The van der Waals surface area contributed by atoms with Gasteiger partial charge in [-0.2, -0.15) is 0 Å². The first kappa shape index (κ1) is 13.6. The monoisotopic (exact) mass is 220 g/mol. The zero-order valence-corrected chi connectivity index (χ0v) is 9.89. The summed E-state index contributed by atoms with van der Waals surface area (Å²) in [5.74, 6) is 0.237. The lowest BCUT2D eigenvalue weighted by molar-refractivity contribution is -0.120. The molecule has 0 aromatic carbocycles. The van der Waals surface area contributed by atoms with Gasteiger partial charge in [-0.3, -0.25) is 9.00 Å². The molecule has 0 aliphatic rings. The van der Waals surface area contributed by atoms with Crippen LogP contribution in [0.1, 0.15) is 27.2 Å². The maximum absolute atomic E-state index is 11.5. The highest BCUT2D eigenvalue weighted by atomic mass is 32.2. The topological polar surface area (TPSA) is 72.2 Å².